The number of para-hydroxylation sites is 1. The number of amides is 1. The van der Waals surface area contributed by atoms with Crippen LogP contribution in [0.15, 0.2) is 28.7 Å². The van der Waals surface area contributed by atoms with Gasteiger partial charge in [0.15, 0.2) is 0 Å². The summed E-state index contributed by atoms with van der Waals surface area (Å²) in [6.45, 7) is 5.83. The summed E-state index contributed by atoms with van der Waals surface area (Å²) in [5, 5.41) is 2.87. The van der Waals surface area contributed by atoms with Crippen molar-refractivity contribution in [1.82, 2.24) is 4.98 Å². The van der Waals surface area contributed by atoms with E-state index in [0.717, 1.165) is 27.1 Å². The highest BCUT2D eigenvalue weighted by Crippen LogP contribution is 2.23. The lowest BCUT2D eigenvalue weighted by molar-refractivity contribution is -0.116. The molecule has 24 heavy (non-hydrogen) atoms. The normalized spacial score (nSPS) is 10.5. The van der Waals surface area contributed by atoms with Gasteiger partial charge in [-0.1, -0.05) is 12.1 Å². The highest BCUT2D eigenvalue weighted by molar-refractivity contribution is 9.10. The van der Waals surface area contributed by atoms with E-state index >= 15 is 0 Å². The van der Waals surface area contributed by atoms with Crippen LogP contribution in [0.4, 0.5) is 5.69 Å². The van der Waals surface area contributed by atoms with Gasteiger partial charge in [0.25, 0.3) is 0 Å². The van der Waals surface area contributed by atoms with Gasteiger partial charge in [-0.25, -0.2) is 4.79 Å². The lowest BCUT2D eigenvalue weighted by atomic mass is 10.1. The Labute approximate surface area is 149 Å². The number of nitrogens with one attached hydrogen (secondary N) is 2. The van der Waals surface area contributed by atoms with Gasteiger partial charge in [-0.3, -0.25) is 4.79 Å². The molecule has 5 nitrogen and oxygen atoms in total. The number of aryl methyl sites for hydroxylation is 2. The van der Waals surface area contributed by atoms with E-state index < -0.39 is 0 Å². The lowest BCUT2D eigenvalue weighted by Crippen LogP contribution is -2.13. The minimum atomic E-state index is -0.326. The number of rotatable bonds is 6. The van der Waals surface area contributed by atoms with Gasteiger partial charge in [0.1, 0.15) is 0 Å². The van der Waals surface area contributed by atoms with Crippen LogP contribution in [0.25, 0.3) is 0 Å². The number of aromatic nitrogens is 1. The molecule has 1 aromatic carbocycles. The number of hydrogen-bond acceptors (Lipinski definition) is 3. The fourth-order valence-corrected chi connectivity index (χ4v) is 2.97. The number of anilines is 1. The van der Waals surface area contributed by atoms with Crippen molar-refractivity contribution in [2.24, 2.45) is 0 Å². The molecule has 0 aliphatic carbocycles. The Morgan fingerprint density at radius 3 is 2.62 bits per heavy atom. The van der Waals surface area contributed by atoms with Crippen molar-refractivity contribution in [3.8, 4) is 0 Å². The minimum absolute atomic E-state index is 0.0776. The first-order chi connectivity index (χ1) is 11.4. The number of ether oxygens (including phenoxy) is 1. The van der Waals surface area contributed by atoms with Gasteiger partial charge in [-0.15, -0.1) is 0 Å². The van der Waals surface area contributed by atoms with E-state index in [0.29, 0.717) is 25.0 Å². The highest BCUT2D eigenvalue weighted by atomic mass is 79.9. The average molecular weight is 393 g/mol. The predicted octanol–water partition coefficient (Wildman–Crippen LogP) is 4.14. The number of benzene rings is 1. The topological polar surface area (TPSA) is 71.2 Å². The van der Waals surface area contributed by atoms with Crippen LogP contribution in [0, 0.1) is 13.8 Å². The van der Waals surface area contributed by atoms with Crippen LogP contribution in [-0.2, 0) is 16.0 Å². The molecule has 0 saturated carbocycles. The zero-order valence-electron chi connectivity index (χ0n) is 14.0. The molecule has 128 valence electrons. The fourth-order valence-electron chi connectivity index (χ4n) is 2.59. The van der Waals surface area contributed by atoms with E-state index in [-0.39, 0.29) is 11.9 Å². The Morgan fingerprint density at radius 1 is 1.25 bits per heavy atom. The SMILES string of the molecule is CCOC(=O)c1c(C)[nH]c(CCC(=O)Nc2ccccc2Br)c1C. The molecule has 0 saturated heterocycles. The average Bonchev–Trinajstić information content (AvgIpc) is 2.82. The Bertz CT molecular complexity index is 753. The molecule has 1 heterocycles. The van der Waals surface area contributed by atoms with E-state index in [4.69, 9.17) is 4.74 Å². The quantitative estimate of drug-likeness (QED) is 0.725. The molecule has 0 aliphatic heterocycles. The van der Waals surface area contributed by atoms with Gasteiger partial charge < -0.3 is 15.0 Å². The smallest absolute Gasteiger partial charge is 0.340 e. The monoisotopic (exact) mass is 392 g/mol. The molecule has 0 aliphatic rings. The van der Waals surface area contributed by atoms with Crippen molar-refractivity contribution in [2.75, 3.05) is 11.9 Å². The number of hydrogen-bond donors (Lipinski definition) is 2. The van der Waals surface area contributed by atoms with Crippen LogP contribution >= 0.6 is 15.9 Å². The van der Waals surface area contributed by atoms with Crippen LogP contribution in [0.3, 0.4) is 0 Å². The van der Waals surface area contributed by atoms with Crippen LogP contribution in [0.1, 0.15) is 40.7 Å². The number of carbonyl (C=O) groups is 2. The first-order valence-corrected chi connectivity index (χ1v) is 8.62. The second-order valence-electron chi connectivity index (χ2n) is 5.48. The van der Waals surface area contributed by atoms with E-state index in [1.807, 2.05) is 38.1 Å². The zero-order chi connectivity index (χ0) is 17.7. The Balaban J connectivity index is 2.02. The van der Waals surface area contributed by atoms with Crippen LogP contribution in [0.2, 0.25) is 0 Å². The Kier molecular flexibility index (Phi) is 6.20. The van der Waals surface area contributed by atoms with Gasteiger partial charge >= 0.3 is 5.97 Å². The first-order valence-electron chi connectivity index (χ1n) is 7.83. The van der Waals surface area contributed by atoms with E-state index in [9.17, 15) is 9.59 Å². The van der Waals surface area contributed by atoms with Crippen molar-refractivity contribution < 1.29 is 14.3 Å². The van der Waals surface area contributed by atoms with Crippen molar-refractivity contribution in [3.05, 3.63) is 51.3 Å². The fraction of sp³-hybridized carbons (Fsp3) is 0.333. The summed E-state index contributed by atoms with van der Waals surface area (Å²) in [6, 6.07) is 7.47. The van der Waals surface area contributed by atoms with Gasteiger partial charge in [-0.05, 0) is 60.8 Å². The molecule has 0 radical (unpaired) electrons. The summed E-state index contributed by atoms with van der Waals surface area (Å²) >= 11 is 3.40. The number of halogens is 1. The zero-order valence-corrected chi connectivity index (χ0v) is 15.6. The van der Waals surface area contributed by atoms with E-state index in [2.05, 4.69) is 26.2 Å². The van der Waals surface area contributed by atoms with Gasteiger partial charge in [-0.2, -0.15) is 0 Å². The maximum Gasteiger partial charge on any atom is 0.340 e. The summed E-state index contributed by atoms with van der Waals surface area (Å²) < 4.78 is 5.92. The maximum absolute atomic E-state index is 12.1. The molecule has 0 bridgehead atoms. The maximum atomic E-state index is 12.1. The third-order valence-corrected chi connectivity index (χ3v) is 4.46. The summed E-state index contributed by atoms with van der Waals surface area (Å²) in [5.41, 5.74) is 3.82. The number of esters is 1. The number of aromatic amines is 1. The van der Waals surface area contributed by atoms with Gasteiger partial charge in [0.05, 0.1) is 17.9 Å². The van der Waals surface area contributed by atoms with Crippen LogP contribution in [0.5, 0.6) is 0 Å². The molecule has 1 amide bonds. The first kappa shape index (κ1) is 18.3. The largest absolute Gasteiger partial charge is 0.462 e. The van der Waals surface area contributed by atoms with Gasteiger partial charge in [0.2, 0.25) is 5.91 Å². The number of H-pyrrole nitrogens is 1. The third kappa shape index (κ3) is 4.26. The molecule has 0 unspecified atom stereocenters. The van der Waals surface area contributed by atoms with Crippen molar-refractivity contribution in [1.29, 1.82) is 0 Å². The molecular formula is C18H21BrN2O3. The van der Waals surface area contributed by atoms with Crippen LogP contribution in [-0.4, -0.2) is 23.5 Å². The summed E-state index contributed by atoms with van der Waals surface area (Å²) in [4.78, 5) is 27.3. The van der Waals surface area contributed by atoms with Crippen molar-refractivity contribution in [3.63, 3.8) is 0 Å². The standard InChI is InChI=1S/C18H21BrN2O3/c1-4-24-18(23)17-11(2)14(20-12(17)3)9-10-16(22)21-15-8-6-5-7-13(15)19/h5-8,20H,4,9-10H2,1-3H3,(H,21,22). The second-order valence-corrected chi connectivity index (χ2v) is 6.33. The summed E-state index contributed by atoms with van der Waals surface area (Å²) in [6.07, 6.45) is 0.854. The Hall–Kier alpha value is -2.08. The third-order valence-electron chi connectivity index (χ3n) is 3.77. The molecule has 2 aromatic rings. The van der Waals surface area contributed by atoms with E-state index in [1.54, 1.807) is 6.92 Å². The number of carbonyl (C=O) groups excluding carboxylic acids is 2. The van der Waals surface area contributed by atoms with Crippen LogP contribution < -0.4 is 5.32 Å². The molecule has 2 N–H and O–H groups in total. The van der Waals surface area contributed by atoms with Crippen molar-refractivity contribution in [2.45, 2.75) is 33.6 Å². The minimum Gasteiger partial charge on any atom is -0.462 e. The van der Waals surface area contributed by atoms with Crippen molar-refractivity contribution >= 4 is 33.5 Å². The predicted molar refractivity (Wildman–Crippen MR) is 97.3 cm³/mol. The highest BCUT2D eigenvalue weighted by Gasteiger charge is 2.19. The molecular weight excluding hydrogens is 372 g/mol. The van der Waals surface area contributed by atoms with E-state index in [1.165, 1.54) is 0 Å². The Morgan fingerprint density at radius 2 is 1.96 bits per heavy atom. The molecule has 6 heteroatoms. The molecule has 2 rings (SSSR count). The molecule has 0 spiro atoms. The summed E-state index contributed by atoms with van der Waals surface area (Å²) in [7, 11) is 0. The lowest BCUT2D eigenvalue weighted by Gasteiger charge is -2.07. The molecule has 1 aromatic heterocycles. The summed E-state index contributed by atoms with van der Waals surface area (Å²) in [5.74, 6) is -0.404. The van der Waals surface area contributed by atoms with Gasteiger partial charge in [0, 0.05) is 22.3 Å². The molecule has 0 atom stereocenters. The second kappa shape index (κ2) is 8.15. The molecule has 0 fully saturated rings.